The zero-order valence-electron chi connectivity index (χ0n) is 27.3. The molecule has 0 fully saturated rings. The molecule has 3 rings (SSSR count). The minimum absolute atomic E-state index is 0.121. The number of pyridine rings is 1. The Morgan fingerprint density at radius 1 is 0.978 bits per heavy atom. The van der Waals surface area contributed by atoms with Crippen LogP contribution in [-0.4, -0.2) is 65.3 Å². The number of anilines is 1. The van der Waals surface area contributed by atoms with Gasteiger partial charge in [-0.2, -0.15) is 0 Å². The zero-order valence-corrected chi connectivity index (χ0v) is 27.3. The summed E-state index contributed by atoms with van der Waals surface area (Å²) in [5.74, 6) is -1.78. The van der Waals surface area contributed by atoms with E-state index in [4.69, 9.17) is 14.2 Å². The molecule has 1 atom stereocenters. The Kier molecular flexibility index (Phi) is 11.8. The first kappa shape index (κ1) is 35.5. The Hall–Kier alpha value is -5.01. The number of hydrogen-bond acceptors (Lipinski definition) is 10. The van der Waals surface area contributed by atoms with Crippen LogP contribution in [0.15, 0.2) is 47.7 Å². The number of aromatic nitrogens is 1. The molecule has 3 N–H and O–H groups in total. The maximum Gasteiger partial charge on any atom is 0.414 e. The number of fused-ring (bicyclic) bond motifs is 1. The summed E-state index contributed by atoms with van der Waals surface area (Å²) >= 11 is 0. The van der Waals surface area contributed by atoms with Crippen LogP contribution in [0.5, 0.6) is 0 Å². The smallest absolute Gasteiger partial charge is 0.414 e. The Balaban J connectivity index is 1.78. The second-order valence-corrected chi connectivity index (χ2v) is 12.4. The van der Waals surface area contributed by atoms with E-state index < -0.39 is 53.6 Å². The number of hydrogen-bond donors (Lipinski definition) is 3. The number of nitrogens with zero attached hydrogens (tertiary/aromatic N) is 3. The third-order valence-corrected chi connectivity index (χ3v) is 6.15. The predicted molar refractivity (Wildman–Crippen MR) is 169 cm³/mol. The van der Waals surface area contributed by atoms with Crippen molar-refractivity contribution in [2.45, 2.75) is 85.0 Å². The van der Waals surface area contributed by atoms with Gasteiger partial charge in [-0.25, -0.2) is 14.6 Å². The van der Waals surface area contributed by atoms with Crippen molar-refractivity contribution in [2.24, 2.45) is 4.99 Å². The SMILES string of the molecule is CCOC(=O)CC(NC(=O)CC(=O)N1CCc2ccc(N=C(NC(=O)OC(C)(C)C)NC(=O)OC(C)(C)C)cc21)c1cccnc1. The van der Waals surface area contributed by atoms with Gasteiger partial charge in [0.1, 0.15) is 17.6 Å². The van der Waals surface area contributed by atoms with Crippen molar-refractivity contribution in [2.75, 3.05) is 18.1 Å². The molecule has 0 spiro atoms. The van der Waals surface area contributed by atoms with Gasteiger partial charge in [0.15, 0.2) is 0 Å². The van der Waals surface area contributed by atoms with Crippen LogP contribution < -0.4 is 20.9 Å². The molecule has 14 heteroatoms. The fourth-order valence-corrected chi connectivity index (χ4v) is 4.41. The number of aliphatic imine (C=N–C) groups is 1. The van der Waals surface area contributed by atoms with E-state index in [9.17, 15) is 24.0 Å². The molecule has 248 valence electrons. The molecule has 1 unspecified atom stereocenters. The highest BCUT2D eigenvalue weighted by atomic mass is 16.6. The molecular formula is C32H42N6O8. The Morgan fingerprint density at radius 3 is 2.20 bits per heavy atom. The first-order chi connectivity index (χ1) is 21.5. The number of carbonyl (C=O) groups is 5. The number of guanidine groups is 1. The lowest BCUT2D eigenvalue weighted by Gasteiger charge is -2.22. The van der Waals surface area contributed by atoms with Gasteiger partial charge in [-0.15, -0.1) is 0 Å². The molecule has 14 nitrogen and oxygen atoms in total. The van der Waals surface area contributed by atoms with Crippen molar-refractivity contribution >= 4 is 47.3 Å². The van der Waals surface area contributed by atoms with Gasteiger partial charge in [0.2, 0.25) is 17.8 Å². The van der Waals surface area contributed by atoms with Gasteiger partial charge in [-0.3, -0.25) is 30.0 Å². The van der Waals surface area contributed by atoms with Crippen molar-refractivity contribution in [1.29, 1.82) is 0 Å². The fourth-order valence-electron chi connectivity index (χ4n) is 4.41. The van der Waals surface area contributed by atoms with Gasteiger partial charge in [0.05, 0.1) is 24.8 Å². The number of ether oxygens (including phenoxy) is 3. The molecule has 2 heterocycles. The first-order valence-electron chi connectivity index (χ1n) is 14.9. The van der Waals surface area contributed by atoms with Crippen molar-refractivity contribution in [3.05, 3.63) is 53.9 Å². The van der Waals surface area contributed by atoms with E-state index in [0.29, 0.717) is 29.9 Å². The van der Waals surface area contributed by atoms with Crippen LogP contribution in [0.3, 0.4) is 0 Å². The average molecular weight is 639 g/mol. The van der Waals surface area contributed by atoms with Crippen LogP contribution in [0, 0.1) is 0 Å². The summed E-state index contributed by atoms with van der Waals surface area (Å²) in [5.41, 5.74) is 0.669. The highest BCUT2D eigenvalue weighted by molar-refractivity contribution is 6.06. The molecule has 0 aliphatic carbocycles. The molecule has 1 aromatic heterocycles. The lowest BCUT2D eigenvalue weighted by atomic mass is 10.1. The van der Waals surface area contributed by atoms with E-state index in [0.717, 1.165) is 5.56 Å². The minimum atomic E-state index is -0.848. The maximum atomic E-state index is 13.3. The third kappa shape index (κ3) is 11.5. The highest BCUT2D eigenvalue weighted by Crippen LogP contribution is 2.32. The molecule has 0 saturated heterocycles. The van der Waals surface area contributed by atoms with Crippen LogP contribution >= 0.6 is 0 Å². The van der Waals surface area contributed by atoms with Gasteiger partial charge in [-0.05, 0) is 84.2 Å². The summed E-state index contributed by atoms with van der Waals surface area (Å²) in [4.78, 5) is 73.4. The van der Waals surface area contributed by atoms with E-state index in [1.165, 1.54) is 11.1 Å². The van der Waals surface area contributed by atoms with Crippen molar-refractivity contribution < 1.29 is 38.2 Å². The fraction of sp³-hybridized carbons (Fsp3) is 0.469. The van der Waals surface area contributed by atoms with E-state index in [-0.39, 0.29) is 19.0 Å². The van der Waals surface area contributed by atoms with E-state index >= 15 is 0 Å². The lowest BCUT2D eigenvalue weighted by molar-refractivity contribution is -0.143. The Morgan fingerprint density at radius 2 is 1.63 bits per heavy atom. The highest BCUT2D eigenvalue weighted by Gasteiger charge is 2.28. The number of nitrogens with one attached hydrogen (secondary N) is 3. The molecule has 4 amide bonds. The summed E-state index contributed by atoms with van der Waals surface area (Å²) in [7, 11) is 0. The van der Waals surface area contributed by atoms with Gasteiger partial charge in [0.25, 0.3) is 0 Å². The topological polar surface area (TPSA) is 178 Å². The number of esters is 1. The van der Waals surface area contributed by atoms with Crippen LogP contribution in [0.2, 0.25) is 0 Å². The van der Waals surface area contributed by atoms with E-state index in [1.54, 1.807) is 85.0 Å². The standard InChI is InChI=1S/C32H42N6O8/c1-8-44-27(41)17-23(21-10-9-14-33-19-21)35-25(39)18-26(40)38-15-13-20-11-12-22(16-24(20)38)34-28(36-29(42)45-31(2,3)4)37-30(43)46-32(5,6)7/h9-12,14,16,19,23H,8,13,15,17-18H2,1-7H3,(H,35,39)(H2,34,36,37,42,43). The van der Waals surface area contributed by atoms with Crippen LogP contribution in [-0.2, 0) is 35.0 Å². The van der Waals surface area contributed by atoms with Crippen molar-refractivity contribution in [3.8, 4) is 0 Å². The average Bonchev–Trinajstić information content (AvgIpc) is 3.34. The normalized spacial score (nSPS) is 13.1. The second kappa shape index (κ2) is 15.3. The van der Waals surface area contributed by atoms with Gasteiger partial charge in [0, 0.05) is 24.6 Å². The van der Waals surface area contributed by atoms with Gasteiger partial charge >= 0.3 is 18.2 Å². The third-order valence-electron chi connectivity index (χ3n) is 6.15. The molecule has 1 aromatic carbocycles. The Bertz CT molecular complexity index is 1430. The van der Waals surface area contributed by atoms with Crippen molar-refractivity contribution in [3.63, 3.8) is 0 Å². The van der Waals surface area contributed by atoms with E-state index in [1.807, 2.05) is 0 Å². The lowest BCUT2D eigenvalue weighted by Crippen LogP contribution is -2.47. The number of alkyl carbamates (subject to hydrolysis) is 2. The van der Waals surface area contributed by atoms with Crippen LogP contribution in [0.4, 0.5) is 21.0 Å². The number of carbonyl (C=O) groups excluding carboxylic acids is 5. The molecular weight excluding hydrogens is 596 g/mol. The molecule has 2 aromatic rings. The largest absolute Gasteiger partial charge is 0.466 e. The molecule has 1 aliphatic rings. The van der Waals surface area contributed by atoms with Crippen LogP contribution in [0.1, 0.15) is 78.5 Å². The van der Waals surface area contributed by atoms with Crippen LogP contribution in [0.25, 0.3) is 0 Å². The summed E-state index contributed by atoms with van der Waals surface area (Å²) in [5, 5.41) is 7.60. The molecule has 0 radical (unpaired) electrons. The summed E-state index contributed by atoms with van der Waals surface area (Å²) in [6.07, 6.45) is 1.37. The molecule has 0 bridgehead atoms. The van der Waals surface area contributed by atoms with Gasteiger partial charge < -0.3 is 24.4 Å². The summed E-state index contributed by atoms with van der Waals surface area (Å²) in [6.45, 7) is 12.4. The summed E-state index contributed by atoms with van der Waals surface area (Å²) < 4.78 is 15.6. The quantitative estimate of drug-likeness (QED) is 0.126. The Labute approximate surface area is 268 Å². The second-order valence-electron chi connectivity index (χ2n) is 12.4. The minimum Gasteiger partial charge on any atom is -0.466 e. The monoisotopic (exact) mass is 638 g/mol. The number of amides is 4. The molecule has 46 heavy (non-hydrogen) atoms. The summed E-state index contributed by atoms with van der Waals surface area (Å²) in [6, 6.07) is 7.74. The zero-order chi connectivity index (χ0) is 34.1. The molecule has 1 aliphatic heterocycles. The van der Waals surface area contributed by atoms with E-state index in [2.05, 4.69) is 25.9 Å². The number of rotatable bonds is 8. The maximum absolute atomic E-state index is 13.3. The first-order valence-corrected chi connectivity index (χ1v) is 14.9. The predicted octanol–water partition coefficient (Wildman–Crippen LogP) is 4.21. The molecule has 0 saturated carbocycles. The van der Waals surface area contributed by atoms with Gasteiger partial charge in [-0.1, -0.05) is 12.1 Å². The number of benzene rings is 1. The van der Waals surface area contributed by atoms with Crippen molar-refractivity contribution in [1.82, 2.24) is 20.9 Å².